The molecule has 0 fully saturated rings. The van der Waals surface area contributed by atoms with Gasteiger partial charge in [-0.05, 0) is 42.3 Å². The van der Waals surface area contributed by atoms with Crippen molar-refractivity contribution in [1.82, 2.24) is 9.97 Å². The van der Waals surface area contributed by atoms with Crippen molar-refractivity contribution < 1.29 is 4.74 Å². The van der Waals surface area contributed by atoms with E-state index in [1.807, 2.05) is 36.4 Å². The Hall–Kier alpha value is -2.33. The van der Waals surface area contributed by atoms with Crippen molar-refractivity contribution in [3.05, 3.63) is 59.4 Å². The molecule has 1 aromatic heterocycles. The molecular weight excluding hydrogens is 262 g/mol. The molecule has 4 nitrogen and oxygen atoms in total. The fourth-order valence-corrected chi connectivity index (χ4v) is 2.33. The predicted octanol–water partition coefficient (Wildman–Crippen LogP) is 2.95. The first-order chi connectivity index (χ1) is 10.2. The van der Waals surface area contributed by atoms with Gasteiger partial charge in [-0.15, -0.1) is 0 Å². The molecule has 0 aliphatic heterocycles. The summed E-state index contributed by atoms with van der Waals surface area (Å²) >= 11 is 0. The summed E-state index contributed by atoms with van der Waals surface area (Å²) in [4.78, 5) is 7.88. The molecule has 0 aliphatic rings. The first kappa shape index (κ1) is 13.6. The van der Waals surface area contributed by atoms with Crippen molar-refractivity contribution >= 4 is 11.0 Å². The lowest BCUT2D eigenvalue weighted by Crippen LogP contribution is -2.02. The van der Waals surface area contributed by atoms with Crippen LogP contribution < -0.4 is 10.5 Å². The zero-order chi connectivity index (χ0) is 14.7. The van der Waals surface area contributed by atoms with Gasteiger partial charge in [-0.1, -0.05) is 18.2 Å². The van der Waals surface area contributed by atoms with Gasteiger partial charge in [0.05, 0.1) is 17.6 Å². The van der Waals surface area contributed by atoms with Gasteiger partial charge in [0, 0.05) is 13.0 Å². The molecule has 0 amide bonds. The molecule has 3 N–H and O–H groups in total. The van der Waals surface area contributed by atoms with E-state index in [1.54, 1.807) is 0 Å². The molecule has 3 aromatic rings. The summed E-state index contributed by atoms with van der Waals surface area (Å²) < 4.78 is 5.75. The maximum Gasteiger partial charge on any atom is 0.119 e. The van der Waals surface area contributed by atoms with E-state index in [1.165, 1.54) is 5.56 Å². The Balaban J connectivity index is 1.65. The van der Waals surface area contributed by atoms with Crippen LogP contribution in [0.1, 0.15) is 17.0 Å². The Bertz CT molecular complexity index is 749. The minimum Gasteiger partial charge on any atom is -0.493 e. The van der Waals surface area contributed by atoms with Crippen molar-refractivity contribution in [2.24, 2.45) is 5.73 Å². The van der Waals surface area contributed by atoms with E-state index in [2.05, 4.69) is 23.0 Å². The zero-order valence-corrected chi connectivity index (χ0v) is 12.1. The van der Waals surface area contributed by atoms with Crippen LogP contribution in [0.4, 0.5) is 0 Å². The van der Waals surface area contributed by atoms with Crippen molar-refractivity contribution in [3.63, 3.8) is 0 Å². The van der Waals surface area contributed by atoms with E-state index in [0.29, 0.717) is 13.2 Å². The van der Waals surface area contributed by atoms with Crippen LogP contribution in [0.25, 0.3) is 11.0 Å². The lowest BCUT2D eigenvalue weighted by atomic mass is 10.2. The second-order valence-corrected chi connectivity index (χ2v) is 5.15. The van der Waals surface area contributed by atoms with Crippen LogP contribution in [0.2, 0.25) is 0 Å². The molecule has 2 aromatic carbocycles. The summed E-state index contributed by atoms with van der Waals surface area (Å²) in [5.74, 6) is 1.84. The van der Waals surface area contributed by atoms with E-state index in [0.717, 1.165) is 34.6 Å². The number of aromatic nitrogens is 2. The van der Waals surface area contributed by atoms with Gasteiger partial charge in [0.2, 0.25) is 0 Å². The van der Waals surface area contributed by atoms with Crippen LogP contribution in [-0.4, -0.2) is 16.6 Å². The largest absolute Gasteiger partial charge is 0.493 e. The van der Waals surface area contributed by atoms with E-state index in [-0.39, 0.29) is 0 Å². The highest BCUT2D eigenvalue weighted by Gasteiger charge is 2.04. The quantitative estimate of drug-likeness (QED) is 0.755. The average Bonchev–Trinajstić information content (AvgIpc) is 2.89. The number of aromatic amines is 1. The highest BCUT2D eigenvalue weighted by molar-refractivity contribution is 5.75. The van der Waals surface area contributed by atoms with E-state index < -0.39 is 0 Å². The maximum absolute atomic E-state index is 5.75. The van der Waals surface area contributed by atoms with Crippen LogP contribution >= 0.6 is 0 Å². The van der Waals surface area contributed by atoms with E-state index >= 15 is 0 Å². The highest BCUT2D eigenvalue weighted by atomic mass is 16.5. The molecule has 21 heavy (non-hydrogen) atoms. The summed E-state index contributed by atoms with van der Waals surface area (Å²) in [7, 11) is 0. The molecule has 1 heterocycles. The second-order valence-electron chi connectivity index (χ2n) is 5.15. The molecule has 0 bridgehead atoms. The molecule has 0 atom stereocenters. The fourth-order valence-electron chi connectivity index (χ4n) is 2.33. The van der Waals surface area contributed by atoms with Gasteiger partial charge in [-0.25, -0.2) is 4.98 Å². The van der Waals surface area contributed by atoms with Crippen LogP contribution in [0.15, 0.2) is 42.5 Å². The second kappa shape index (κ2) is 5.97. The molecule has 0 saturated heterocycles. The SMILES string of the molecule is Cc1cccc(OCCc2nc3ccc(CN)cc3[nH]2)c1. The Morgan fingerprint density at radius 3 is 2.90 bits per heavy atom. The number of aryl methyl sites for hydroxylation is 1. The summed E-state index contributed by atoms with van der Waals surface area (Å²) in [5.41, 5.74) is 9.96. The van der Waals surface area contributed by atoms with Crippen LogP contribution in [0, 0.1) is 6.92 Å². The number of nitrogens with two attached hydrogens (primary N) is 1. The lowest BCUT2D eigenvalue weighted by Gasteiger charge is -2.05. The molecule has 3 rings (SSSR count). The molecule has 0 saturated carbocycles. The third kappa shape index (κ3) is 3.23. The van der Waals surface area contributed by atoms with Crippen molar-refractivity contribution in [1.29, 1.82) is 0 Å². The van der Waals surface area contributed by atoms with Crippen LogP contribution in [0.3, 0.4) is 0 Å². The fraction of sp³-hybridized carbons (Fsp3) is 0.235. The number of hydrogen-bond donors (Lipinski definition) is 2. The minimum absolute atomic E-state index is 0.542. The smallest absolute Gasteiger partial charge is 0.119 e. The number of ether oxygens (including phenoxy) is 1. The molecular formula is C17H19N3O. The maximum atomic E-state index is 5.75. The Labute approximate surface area is 124 Å². The standard InChI is InChI=1S/C17H19N3O/c1-12-3-2-4-14(9-12)21-8-7-17-19-15-6-5-13(11-18)10-16(15)20-17/h2-6,9-10H,7-8,11,18H2,1H3,(H,19,20). The number of hydrogen-bond acceptors (Lipinski definition) is 3. The molecule has 0 unspecified atom stereocenters. The number of H-pyrrole nitrogens is 1. The van der Waals surface area contributed by atoms with E-state index in [4.69, 9.17) is 10.5 Å². The first-order valence-electron chi connectivity index (χ1n) is 7.11. The van der Waals surface area contributed by atoms with Crippen molar-refractivity contribution in [2.45, 2.75) is 19.9 Å². The minimum atomic E-state index is 0.542. The van der Waals surface area contributed by atoms with Gasteiger partial charge >= 0.3 is 0 Å². The molecule has 4 heteroatoms. The van der Waals surface area contributed by atoms with Crippen LogP contribution in [-0.2, 0) is 13.0 Å². The van der Waals surface area contributed by atoms with Gasteiger partial charge in [0.1, 0.15) is 11.6 Å². The van der Waals surface area contributed by atoms with Gasteiger partial charge in [0.25, 0.3) is 0 Å². The summed E-state index contributed by atoms with van der Waals surface area (Å²) in [6.45, 7) is 3.20. The molecule has 0 aliphatic carbocycles. The monoisotopic (exact) mass is 281 g/mol. The number of nitrogens with one attached hydrogen (secondary N) is 1. The van der Waals surface area contributed by atoms with Crippen molar-refractivity contribution in [2.75, 3.05) is 6.61 Å². The summed E-state index contributed by atoms with van der Waals surface area (Å²) in [6.07, 6.45) is 0.751. The Morgan fingerprint density at radius 2 is 2.10 bits per heavy atom. The normalized spacial score (nSPS) is 11.0. The van der Waals surface area contributed by atoms with Gasteiger partial charge in [-0.3, -0.25) is 0 Å². The first-order valence-corrected chi connectivity index (χ1v) is 7.11. The third-order valence-corrected chi connectivity index (χ3v) is 3.43. The number of benzene rings is 2. The molecule has 108 valence electrons. The Kier molecular flexibility index (Phi) is 3.88. The van der Waals surface area contributed by atoms with Gasteiger partial charge < -0.3 is 15.5 Å². The van der Waals surface area contributed by atoms with E-state index in [9.17, 15) is 0 Å². The third-order valence-electron chi connectivity index (χ3n) is 3.43. The average molecular weight is 281 g/mol. The predicted molar refractivity (Wildman–Crippen MR) is 84.4 cm³/mol. The van der Waals surface area contributed by atoms with Crippen molar-refractivity contribution in [3.8, 4) is 5.75 Å². The van der Waals surface area contributed by atoms with Gasteiger partial charge in [-0.2, -0.15) is 0 Å². The number of imidazole rings is 1. The van der Waals surface area contributed by atoms with Gasteiger partial charge in [0.15, 0.2) is 0 Å². The highest BCUT2D eigenvalue weighted by Crippen LogP contribution is 2.15. The number of rotatable bonds is 5. The Morgan fingerprint density at radius 1 is 1.19 bits per heavy atom. The van der Waals surface area contributed by atoms with Crippen LogP contribution in [0.5, 0.6) is 5.75 Å². The number of nitrogens with zero attached hydrogens (tertiary/aromatic N) is 1. The zero-order valence-electron chi connectivity index (χ0n) is 12.1. The summed E-state index contributed by atoms with van der Waals surface area (Å²) in [6, 6.07) is 14.1. The lowest BCUT2D eigenvalue weighted by molar-refractivity contribution is 0.319. The topological polar surface area (TPSA) is 63.9 Å². The number of fused-ring (bicyclic) bond motifs is 1. The molecule has 0 spiro atoms. The molecule has 0 radical (unpaired) electrons. The summed E-state index contributed by atoms with van der Waals surface area (Å²) in [5, 5.41) is 0.